The lowest BCUT2D eigenvalue weighted by Crippen LogP contribution is -2.27. The minimum atomic E-state index is -3.55. The standard InChI is InChI=1S/C9H10Br2N2O2S2/c10-6-1-2-7(11)8(5-6)17(14,15)13-4-3-9(12)16/h1-2,5,13H,3-4H2,(H2,12,16). The third kappa shape index (κ3) is 4.63. The van der Waals surface area contributed by atoms with Crippen molar-refractivity contribution in [3.05, 3.63) is 27.1 Å². The van der Waals surface area contributed by atoms with E-state index in [1.54, 1.807) is 12.1 Å². The molecule has 1 aromatic carbocycles. The molecule has 0 heterocycles. The largest absolute Gasteiger partial charge is 0.393 e. The third-order valence-corrected chi connectivity index (χ3v) is 5.00. The van der Waals surface area contributed by atoms with Crippen LogP contribution in [0.4, 0.5) is 0 Å². The zero-order valence-electron chi connectivity index (χ0n) is 8.61. The molecular weight excluding hydrogens is 392 g/mol. The zero-order chi connectivity index (χ0) is 13.1. The number of hydrogen-bond donors (Lipinski definition) is 2. The molecule has 0 saturated heterocycles. The van der Waals surface area contributed by atoms with Gasteiger partial charge in [0.15, 0.2) is 0 Å². The van der Waals surface area contributed by atoms with Crippen molar-refractivity contribution in [2.75, 3.05) is 6.54 Å². The predicted octanol–water partition coefficient (Wildman–Crippen LogP) is 2.17. The molecule has 4 nitrogen and oxygen atoms in total. The van der Waals surface area contributed by atoms with E-state index in [1.807, 2.05) is 0 Å². The van der Waals surface area contributed by atoms with Crippen molar-refractivity contribution in [3.8, 4) is 0 Å². The molecule has 0 bridgehead atoms. The normalized spacial score (nSPS) is 11.4. The summed E-state index contributed by atoms with van der Waals surface area (Å²) >= 11 is 11.1. The molecule has 0 aliphatic rings. The van der Waals surface area contributed by atoms with Gasteiger partial charge < -0.3 is 5.73 Å². The average molecular weight is 402 g/mol. The molecule has 0 atom stereocenters. The Hall–Kier alpha value is -0.0200. The Labute approximate surface area is 122 Å². The van der Waals surface area contributed by atoms with Crippen molar-refractivity contribution < 1.29 is 8.42 Å². The van der Waals surface area contributed by atoms with E-state index in [-0.39, 0.29) is 16.4 Å². The zero-order valence-corrected chi connectivity index (χ0v) is 13.4. The third-order valence-electron chi connectivity index (χ3n) is 1.85. The van der Waals surface area contributed by atoms with E-state index in [1.165, 1.54) is 6.07 Å². The first-order valence-corrected chi connectivity index (χ1v) is 8.03. The van der Waals surface area contributed by atoms with Crippen LogP contribution in [0.15, 0.2) is 32.0 Å². The van der Waals surface area contributed by atoms with Gasteiger partial charge in [-0.2, -0.15) is 0 Å². The van der Waals surface area contributed by atoms with Crippen molar-refractivity contribution in [1.29, 1.82) is 0 Å². The van der Waals surface area contributed by atoms with Crippen molar-refractivity contribution >= 4 is 59.1 Å². The van der Waals surface area contributed by atoms with Gasteiger partial charge in [0.2, 0.25) is 10.0 Å². The minimum absolute atomic E-state index is 0.176. The fraction of sp³-hybridized carbons (Fsp3) is 0.222. The molecule has 0 aliphatic heterocycles. The molecule has 0 spiro atoms. The smallest absolute Gasteiger partial charge is 0.241 e. The summed E-state index contributed by atoms with van der Waals surface area (Å²) in [6.45, 7) is 0.191. The molecule has 17 heavy (non-hydrogen) atoms. The molecule has 3 N–H and O–H groups in total. The highest BCUT2D eigenvalue weighted by atomic mass is 79.9. The maximum Gasteiger partial charge on any atom is 0.241 e. The van der Waals surface area contributed by atoms with Crippen LogP contribution in [0.1, 0.15) is 6.42 Å². The Balaban J connectivity index is 2.89. The van der Waals surface area contributed by atoms with Gasteiger partial charge >= 0.3 is 0 Å². The Morgan fingerprint density at radius 3 is 2.65 bits per heavy atom. The molecule has 1 rings (SSSR count). The summed E-state index contributed by atoms with van der Waals surface area (Å²) in [4.78, 5) is 0.454. The number of halogens is 2. The maximum absolute atomic E-state index is 11.9. The number of hydrogen-bond acceptors (Lipinski definition) is 3. The number of benzene rings is 1. The fourth-order valence-corrected chi connectivity index (χ4v) is 3.70. The molecular formula is C9H10Br2N2O2S2. The van der Waals surface area contributed by atoms with E-state index in [0.717, 1.165) is 0 Å². The van der Waals surface area contributed by atoms with Gasteiger partial charge in [0.1, 0.15) is 0 Å². The van der Waals surface area contributed by atoms with E-state index < -0.39 is 10.0 Å². The average Bonchev–Trinajstić information content (AvgIpc) is 2.20. The summed E-state index contributed by atoms with van der Waals surface area (Å²) in [6.07, 6.45) is 0.334. The van der Waals surface area contributed by atoms with Gasteiger partial charge in [-0.1, -0.05) is 28.1 Å². The lowest BCUT2D eigenvalue weighted by atomic mass is 10.4. The summed E-state index contributed by atoms with van der Waals surface area (Å²) in [7, 11) is -3.55. The first-order chi connectivity index (χ1) is 7.83. The molecule has 94 valence electrons. The predicted molar refractivity (Wildman–Crippen MR) is 78.4 cm³/mol. The highest BCUT2D eigenvalue weighted by Gasteiger charge is 2.17. The van der Waals surface area contributed by atoms with Gasteiger partial charge in [-0.25, -0.2) is 13.1 Å². The van der Waals surface area contributed by atoms with Gasteiger partial charge in [-0.05, 0) is 34.1 Å². The summed E-state index contributed by atoms with van der Waals surface area (Å²) in [5.41, 5.74) is 5.29. The van der Waals surface area contributed by atoms with Crippen LogP contribution < -0.4 is 10.5 Å². The van der Waals surface area contributed by atoms with Crippen LogP contribution in [0.2, 0.25) is 0 Å². The Kier molecular flexibility index (Phi) is 5.52. The van der Waals surface area contributed by atoms with Gasteiger partial charge in [-0.3, -0.25) is 0 Å². The van der Waals surface area contributed by atoms with E-state index in [0.29, 0.717) is 15.4 Å². The monoisotopic (exact) mass is 400 g/mol. The molecule has 0 radical (unpaired) electrons. The van der Waals surface area contributed by atoms with Gasteiger partial charge in [0, 0.05) is 21.9 Å². The van der Waals surface area contributed by atoms with Crippen molar-refractivity contribution in [2.45, 2.75) is 11.3 Å². The van der Waals surface area contributed by atoms with Crippen molar-refractivity contribution in [2.24, 2.45) is 5.73 Å². The second-order valence-electron chi connectivity index (χ2n) is 3.19. The van der Waals surface area contributed by atoms with E-state index >= 15 is 0 Å². The van der Waals surface area contributed by atoms with Gasteiger partial charge in [-0.15, -0.1) is 0 Å². The maximum atomic E-state index is 11.9. The highest BCUT2D eigenvalue weighted by molar-refractivity contribution is 9.11. The van der Waals surface area contributed by atoms with E-state index in [2.05, 4.69) is 48.8 Å². The molecule has 0 aliphatic carbocycles. The quantitative estimate of drug-likeness (QED) is 0.741. The molecule has 0 unspecified atom stereocenters. The van der Waals surface area contributed by atoms with Crippen LogP contribution in [-0.4, -0.2) is 20.0 Å². The van der Waals surface area contributed by atoms with Gasteiger partial charge in [0.25, 0.3) is 0 Å². The Morgan fingerprint density at radius 2 is 2.06 bits per heavy atom. The van der Waals surface area contributed by atoms with Crippen LogP contribution in [0.25, 0.3) is 0 Å². The van der Waals surface area contributed by atoms with E-state index in [4.69, 9.17) is 5.73 Å². The lowest BCUT2D eigenvalue weighted by molar-refractivity contribution is 0.582. The van der Waals surface area contributed by atoms with Crippen molar-refractivity contribution in [1.82, 2.24) is 4.72 Å². The van der Waals surface area contributed by atoms with Crippen LogP contribution in [-0.2, 0) is 10.0 Å². The van der Waals surface area contributed by atoms with Crippen molar-refractivity contribution in [3.63, 3.8) is 0 Å². The number of thiocarbonyl (C=S) groups is 1. The van der Waals surface area contributed by atoms with E-state index in [9.17, 15) is 8.42 Å². The van der Waals surface area contributed by atoms with Crippen LogP contribution in [0.5, 0.6) is 0 Å². The Bertz CT molecular complexity index is 532. The first kappa shape index (κ1) is 15.0. The molecule has 0 fully saturated rings. The van der Waals surface area contributed by atoms with Crippen LogP contribution >= 0.6 is 44.1 Å². The molecule has 1 aromatic rings. The SMILES string of the molecule is NC(=S)CCNS(=O)(=O)c1cc(Br)ccc1Br. The Morgan fingerprint density at radius 1 is 1.41 bits per heavy atom. The second-order valence-corrected chi connectivity index (χ2v) is 7.22. The molecule has 0 aromatic heterocycles. The number of rotatable bonds is 5. The number of nitrogens with two attached hydrogens (primary N) is 1. The molecule has 8 heteroatoms. The summed E-state index contributed by atoms with van der Waals surface area (Å²) in [6, 6.07) is 4.93. The summed E-state index contributed by atoms with van der Waals surface area (Å²) in [5.74, 6) is 0. The fourth-order valence-electron chi connectivity index (χ4n) is 1.07. The minimum Gasteiger partial charge on any atom is -0.393 e. The first-order valence-electron chi connectivity index (χ1n) is 4.56. The second kappa shape index (κ2) is 6.24. The lowest BCUT2D eigenvalue weighted by Gasteiger charge is -2.08. The summed E-state index contributed by atoms with van der Waals surface area (Å²) < 4.78 is 27.5. The topological polar surface area (TPSA) is 72.2 Å². The van der Waals surface area contributed by atoms with Gasteiger partial charge in [0.05, 0.1) is 9.88 Å². The highest BCUT2D eigenvalue weighted by Crippen LogP contribution is 2.25. The van der Waals surface area contributed by atoms with Crippen LogP contribution in [0, 0.1) is 0 Å². The summed E-state index contributed by atoms with van der Waals surface area (Å²) in [5, 5.41) is 0. The molecule has 0 saturated carbocycles. The number of sulfonamides is 1. The number of nitrogens with one attached hydrogen (secondary N) is 1. The van der Waals surface area contributed by atoms with Crippen LogP contribution in [0.3, 0.4) is 0 Å². The molecule has 0 amide bonds.